The summed E-state index contributed by atoms with van der Waals surface area (Å²) in [7, 11) is 0. The molecular weight excluding hydrogens is 413 g/mol. The van der Waals surface area contributed by atoms with Crippen LogP contribution in [0.3, 0.4) is 0 Å². The van der Waals surface area contributed by atoms with Gasteiger partial charge in [0.05, 0.1) is 0 Å². The van der Waals surface area contributed by atoms with Crippen molar-refractivity contribution in [1.29, 1.82) is 0 Å². The largest absolute Gasteiger partial charge is 0.429 e. The van der Waals surface area contributed by atoms with Gasteiger partial charge in [0.1, 0.15) is 11.3 Å². The average Bonchev–Trinajstić information content (AvgIpc) is 2.68. The zero-order chi connectivity index (χ0) is 22.1. The number of rotatable bonds is 7. The number of unbranched alkanes of at least 4 members (excludes halogenated alkanes) is 2. The van der Waals surface area contributed by atoms with Crippen LogP contribution >= 0.6 is 0 Å². The normalized spacial score (nSPS) is 11.9. The average molecular weight is 430 g/mol. The van der Waals surface area contributed by atoms with Gasteiger partial charge in [0.25, 0.3) is 0 Å². The third-order valence-electron chi connectivity index (χ3n) is 4.67. The number of aryl methyl sites for hydroxylation is 1. The molecule has 0 atom stereocenters. The number of hydrogen-bond acceptors (Lipinski definition) is 1. The maximum atomic E-state index is 14.5. The molecule has 0 aliphatic heterocycles. The summed E-state index contributed by atoms with van der Waals surface area (Å²) in [6, 6.07) is 5.49. The molecular formula is C22H17F7O. The van der Waals surface area contributed by atoms with Gasteiger partial charge in [-0.3, -0.25) is 0 Å². The van der Waals surface area contributed by atoms with Gasteiger partial charge in [-0.15, -0.1) is 0 Å². The standard InChI is InChI=1S/C22H17F7O/c1-2-3-4-5-12-6-7-13-9-16(20(26)19(25)15(13)8-12)22(28,29)30-14-10-17(23)21(27)18(24)11-14/h6-11H,2-5H2,1H3. The fourth-order valence-corrected chi connectivity index (χ4v) is 3.12. The molecule has 0 aliphatic carbocycles. The minimum Gasteiger partial charge on any atom is -0.429 e. The Bertz CT molecular complexity index is 1060. The number of benzene rings is 3. The minimum absolute atomic E-state index is 0.00267. The summed E-state index contributed by atoms with van der Waals surface area (Å²) in [5.74, 6) is -9.81. The molecule has 3 aromatic carbocycles. The van der Waals surface area contributed by atoms with Crippen LogP contribution in [-0.2, 0) is 12.5 Å². The zero-order valence-electron chi connectivity index (χ0n) is 15.8. The summed E-state index contributed by atoms with van der Waals surface area (Å²) in [4.78, 5) is 0. The van der Waals surface area contributed by atoms with Crippen molar-refractivity contribution < 1.29 is 35.5 Å². The lowest BCUT2D eigenvalue weighted by Gasteiger charge is -2.20. The van der Waals surface area contributed by atoms with Gasteiger partial charge in [0.2, 0.25) is 0 Å². The van der Waals surface area contributed by atoms with Crippen LogP contribution in [0, 0.1) is 29.1 Å². The molecule has 0 saturated carbocycles. The van der Waals surface area contributed by atoms with E-state index in [1.165, 1.54) is 12.1 Å². The smallest absolute Gasteiger partial charge is 0.429 e. The van der Waals surface area contributed by atoms with E-state index in [1.807, 2.05) is 6.92 Å². The third kappa shape index (κ3) is 4.37. The highest BCUT2D eigenvalue weighted by atomic mass is 19.3. The zero-order valence-corrected chi connectivity index (χ0v) is 15.8. The number of ether oxygens (including phenoxy) is 1. The highest BCUT2D eigenvalue weighted by Crippen LogP contribution is 2.37. The Morgan fingerprint density at radius 2 is 1.47 bits per heavy atom. The first-order chi connectivity index (χ1) is 14.1. The maximum Gasteiger partial charge on any atom is 0.429 e. The second-order valence-corrected chi connectivity index (χ2v) is 6.88. The van der Waals surface area contributed by atoms with Gasteiger partial charge >= 0.3 is 6.11 Å². The Balaban J connectivity index is 1.98. The molecule has 0 fully saturated rings. The highest BCUT2D eigenvalue weighted by Gasteiger charge is 2.40. The first kappa shape index (κ1) is 21.9. The Morgan fingerprint density at radius 3 is 2.10 bits per heavy atom. The Hall–Kier alpha value is -2.77. The van der Waals surface area contributed by atoms with E-state index in [4.69, 9.17) is 0 Å². The first-order valence-electron chi connectivity index (χ1n) is 9.26. The SMILES string of the molecule is CCCCCc1ccc2cc(C(F)(F)Oc3cc(F)c(F)c(F)c3)c(F)c(F)c2c1. The van der Waals surface area contributed by atoms with Crippen LogP contribution in [0.25, 0.3) is 10.8 Å². The lowest BCUT2D eigenvalue weighted by atomic mass is 10.00. The number of hydrogen-bond donors (Lipinski definition) is 0. The van der Waals surface area contributed by atoms with Crippen LogP contribution in [0.5, 0.6) is 5.75 Å². The molecule has 0 saturated heterocycles. The Morgan fingerprint density at radius 1 is 0.800 bits per heavy atom. The molecule has 0 unspecified atom stereocenters. The minimum atomic E-state index is -4.48. The molecule has 0 radical (unpaired) electrons. The highest BCUT2D eigenvalue weighted by molar-refractivity contribution is 5.85. The van der Waals surface area contributed by atoms with Crippen LogP contribution in [0.1, 0.15) is 37.3 Å². The van der Waals surface area contributed by atoms with E-state index in [0.717, 1.165) is 24.8 Å². The second-order valence-electron chi connectivity index (χ2n) is 6.88. The molecule has 160 valence electrons. The quantitative estimate of drug-likeness (QED) is 0.216. The van der Waals surface area contributed by atoms with Gasteiger partial charge in [-0.1, -0.05) is 31.9 Å². The molecule has 1 nitrogen and oxygen atoms in total. The number of fused-ring (bicyclic) bond motifs is 1. The molecule has 0 amide bonds. The predicted molar refractivity (Wildman–Crippen MR) is 97.9 cm³/mol. The Kier molecular flexibility index (Phi) is 6.24. The molecule has 3 aromatic rings. The summed E-state index contributed by atoms with van der Waals surface area (Å²) >= 11 is 0. The topological polar surface area (TPSA) is 9.23 Å². The summed E-state index contributed by atoms with van der Waals surface area (Å²) in [5.41, 5.74) is -0.710. The van der Waals surface area contributed by atoms with Crippen molar-refractivity contribution in [2.24, 2.45) is 0 Å². The Labute approximate surface area is 168 Å². The van der Waals surface area contributed by atoms with Gasteiger partial charge < -0.3 is 4.74 Å². The van der Waals surface area contributed by atoms with E-state index in [9.17, 15) is 30.7 Å². The van der Waals surface area contributed by atoms with Gasteiger partial charge in [0, 0.05) is 17.5 Å². The molecule has 0 bridgehead atoms. The van der Waals surface area contributed by atoms with Crippen LogP contribution in [0.2, 0.25) is 0 Å². The summed E-state index contributed by atoms with van der Waals surface area (Å²) in [6.07, 6.45) is -1.05. The van der Waals surface area contributed by atoms with E-state index in [2.05, 4.69) is 4.74 Å². The second kappa shape index (κ2) is 8.53. The molecule has 0 heterocycles. The molecule has 3 rings (SSSR count). The molecule has 0 spiro atoms. The van der Waals surface area contributed by atoms with Gasteiger partial charge in [-0.05, 0) is 35.9 Å². The van der Waals surface area contributed by atoms with Crippen molar-refractivity contribution in [3.63, 3.8) is 0 Å². The van der Waals surface area contributed by atoms with Gasteiger partial charge in [-0.25, -0.2) is 22.0 Å². The lowest BCUT2D eigenvalue weighted by molar-refractivity contribution is -0.187. The van der Waals surface area contributed by atoms with Crippen LogP contribution in [0.4, 0.5) is 30.7 Å². The van der Waals surface area contributed by atoms with Crippen molar-refractivity contribution in [2.45, 2.75) is 38.7 Å². The van der Waals surface area contributed by atoms with Gasteiger partial charge in [0.15, 0.2) is 29.1 Å². The molecule has 0 aliphatic rings. The van der Waals surface area contributed by atoms with E-state index < -0.39 is 46.5 Å². The molecule has 0 aromatic heterocycles. The molecule has 8 heteroatoms. The van der Waals surface area contributed by atoms with E-state index in [-0.39, 0.29) is 22.9 Å². The van der Waals surface area contributed by atoms with Gasteiger partial charge in [-0.2, -0.15) is 8.78 Å². The van der Waals surface area contributed by atoms with Crippen LogP contribution < -0.4 is 4.74 Å². The third-order valence-corrected chi connectivity index (χ3v) is 4.67. The first-order valence-corrected chi connectivity index (χ1v) is 9.26. The van der Waals surface area contributed by atoms with E-state index in [1.54, 1.807) is 6.07 Å². The maximum absolute atomic E-state index is 14.5. The van der Waals surface area contributed by atoms with Crippen molar-refractivity contribution in [1.82, 2.24) is 0 Å². The fourth-order valence-electron chi connectivity index (χ4n) is 3.12. The fraction of sp³-hybridized carbons (Fsp3) is 0.273. The summed E-state index contributed by atoms with van der Waals surface area (Å²) in [6.45, 7) is 2.02. The summed E-state index contributed by atoms with van der Waals surface area (Å²) < 4.78 is 102. The lowest BCUT2D eigenvalue weighted by Crippen LogP contribution is -2.24. The van der Waals surface area contributed by atoms with Crippen molar-refractivity contribution >= 4 is 10.8 Å². The molecule has 0 N–H and O–H groups in total. The monoisotopic (exact) mass is 430 g/mol. The van der Waals surface area contributed by atoms with Crippen molar-refractivity contribution in [3.8, 4) is 5.75 Å². The number of alkyl halides is 2. The molecule has 30 heavy (non-hydrogen) atoms. The van der Waals surface area contributed by atoms with E-state index in [0.29, 0.717) is 12.5 Å². The van der Waals surface area contributed by atoms with Crippen molar-refractivity contribution in [3.05, 3.63) is 76.6 Å². The van der Waals surface area contributed by atoms with Crippen LogP contribution in [-0.4, -0.2) is 0 Å². The van der Waals surface area contributed by atoms with Crippen LogP contribution in [0.15, 0.2) is 36.4 Å². The predicted octanol–water partition coefficient (Wildman–Crippen LogP) is 7.40. The summed E-state index contributed by atoms with van der Waals surface area (Å²) in [5, 5.41) is -0.164. The van der Waals surface area contributed by atoms with E-state index >= 15 is 0 Å². The number of halogens is 7. The van der Waals surface area contributed by atoms with Crippen molar-refractivity contribution in [2.75, 3.05) is 0 Å².